The van der Waals surface area contributed by atoms with Crippen molar-refractivity contribution < 1.29 is 32.3 Å². The third-order valence-electron chi connectivity index (χ3n) is 5.07. The van der Waals surface area contributed by atoms with Gasteiger partial charge in [-0.2, -0.15) is 0 Å². The minimum absolute atomic E-state index is 0.153. The number of sulfonamides is 1. The molecule has 9 nitrogen and oxygen atoms in total. The number of carbonyl (C=O) groups is 3. The number of carbonyl (C=O) groups excluding carboxylic acids is 3. The van der Waals surface area contributed by atoms with E-state index < -0.39 is 34.5 Å². The van der Waals surface area contributed by atoms with Crippen molar-refractivity contribution in [2.75, 3.05) is 30.4 Å². The molecule has 3 rings (SSSR count). The van der Waals surface area contributed by atoms with E-state index in [9.17, 15) is 22.8 Å². The van der Waals surface area contributed by atoms with Crippen LogP contribution in [-0.4, -0.2) is 47.0 Å². The molecule has 0 spiro atoms. The summed E-state index contributed by atoms with van der Waals surface area (Å²) in [4.78, 5) is 36.0. The molecule has 0 radical (unpaired) electrons. The first-order chi connectivity index (χ1) is 16.6. The van der Waals surface area contributed by atoms with Gasteiger partial charge in [0.1, 0.15) is 0 Å². The Bertz CT molecular complexity index is 1320. The third kappa shape index (κ3) is 6.24. The number of ether oxygens (including phenoxy) is 2. The van der Waals surface area contributed by atoms with Crippen LogP contribution < -0.4 is 9.62 Å². The highest BCUT2D eigenvalue weighted by atomic mass is 32.2. The molecule has 0 bridgehead atoms. The fraction of sp³-hybridized carbons (Fsp3) is 0.160. The predicted octanol–water partition coefficient (Wildman–Crippen LogP) is 3.40. The highest BCUT2D eigenvalue weighted by Gasteiger charge is 2.21. The van der Waals surface area contributed by atoms with E-state index in [1.807, 2.05) is 6.92 Å². The van der Waals surface area contributed by atoms with Crippen LogP contribution in [0.2, 0.25) is 0 Å². The second-order valence-electron chi connectivity index (χ2n) is 7.53. The summed E-state index contributed by atoms with van der Waals surface area (Å²) in [6.07, 6.45) is 0. The average Bonchev–Trinajstić information content (AvgIpc) is 2.87. The van der Waals surface area contributed by atoms with Crippen molar-refractivity contribution in [2.45, 2.75) is 11.8 Å². The molecule has 0 fully saturated rings. The first-order valence-electron chi connectivity index (χ1n) is 10.4. The molecule has 10 heteroatoms. The van der Waals surface area contributed by atoms with Crippen molar-refractivity contribution in [3.63, 3.8) is 0 Å². The molecule has 0 heterocycles. The van der Waals surface area contributed by atoms with Crippen LogP contribution in [0.15, 0.2) is 77.7 Å². The average molecular weight is 497 g/mol. The summed E-state index contributed by atoms with van der Waals surface area (Å²) < 4.78 is 36.4. The molecule has 0 aromatic heterocycles. The molecule has 3 aromatic rings. The predicted molar refractivity (Wildman–Crippen MR) is 130 cm³/mol. The highest BCUT2D eigenvalue weighted by molar-refractivity contribution is 7.92. The molecule has 182 valence electrons. The maximum Gasteiger partial charge on any atom is 0.338 e. The Morgan fingerprint density at radius 2 is 1.37 bits per heavy atom. The van der Waals surface area contributed by atoms with Crippen LogP contribution in [0.4, 0.5) is 11.4 Å². The van der Waals surface area contributed by atoms with E-state index in [1.54, 1.807) is 12.1 Å². The van der Waals surface area contributed by atoms with E-state index in [0.717, 1.165) is 9.87 Å². The highest BCUT2D eigenvalue weighted by Crippen LogP contribution is 2.23. The van der Waals surface area contributed by atoms with Gasteiger partial charge in [0.05, 0.1) is 28.8 Å². The number of aryl methyl sites for hydroxylation is 1. The Kier molecular flexibility index (Phi) is 7.87. The first-order valence-corrected chi connectivity index (χ1v) is 11.9. The van der Waals surface area contributed by atoms with E-state index in [1.165, 1.54) is 74.8 Å². The van der Waals surface area contributed by atoms with Gasteiger partial charge >= 0.3 is 11.9 Å². The van der Waals surface area contributed by atoms with Crippen molar-refractivity contribution in [2.24, 2.45) is 0 Å². The number of esters is 2. The number of rotatable bonds is 8. The minimum atomic E-state index is -3.76. The van der Waals surface area contributed by atoms with Gasteiger partial charge in [-0.3, -0.25) is 9.10 Å². The summed E-state index contributed by atoms with van der Waals surface area (Å²) >= 11 is 0. The molecule has 1 N–H and O–H groups in total. The Balaban J connectivity index is 1.57. The zero-order valence-electron chi connectivity index (χ0n) is 19.3. The van der Waals surface area contributed by atoms with Crippen molar-refractivity contribution in [3.05, 3.63) is 89.5 Å². The summed E-state index contributed by atoms with van der Waals surface area (Å²) in [5.74, 6) is -1.80. The summed E-state index contributed by atoms with van der Waals surface area (Å²) in [5.41, 5.74) is 2.21. The second-order valence-corrected chi connectivity index (χ2v) is 9.49. The lowest BCUT2D eigenvalue weighted by Gasteiger charge is -2.19. The van der Waals surface area contributed by atoms with Gasteiger partial charge in [-0.15, -0.1) is 0 Å². The van der Waals surface area contributed by atoms with Crippen molar-refractivity contribution >= 4 is 39.2 Å². The molecule has 0 atom stereocenters. The van der Waals surface area contributed by atoms with Gasteiger partial charge in [-0.1, -0.05) is 17.7 Å². The normalized spacial score (nSPS) is 10.8. The smallest absolute Gasteiger partial charge is 0.338 e. The van der Waals surface area contributed by atoms with Crippen LogP contribution in [0.25, 0.3) is 0 Å². The van der Waals surface area contributed by atoms with Gasteiger partial charge in [-0.25, -0.2) is 18.0 Å². The molecule has 0 aliphatic rings. The van der Waals surface area contributed by atoms with Crippen LogP contribution in [0, 0.1) is 6.92 Å². The van der Waals surface area contributed by atoms with Gasteiger partial charge in [0, 0.05) is 12.7 Å². The zero-order chi connectivity index (χ0) is 25.6. The molecule has 0 aliphatic carbocycles. The fourth-order valence-corrected chi connectivity index (χ4v) is 4.23. The second kappa shape index (κ2) is 10.8. The summed E-state index contributed by atoms with van der Waals surface area (Å²) in [6, 6.07) is 18.3. The van der Waals surface area contributed by atoms with Crippen LogP contribution in [-0.2, 0) is 24.3 Å². The third-order valence-corrected chi connectivity index (χ3v) is 6.87. The molecule has 3 aromatic carbocycles. The summed E-state index contributed by atoms with van der Waals surface area (Å²) in [5, 5.41) is 2.55. The van der Waals surface area contributed by atoms with Gasteiger partial charge < -0.3 is 14.8 Å². The van der Waals surface area contributed by atoms with Gasteiger partial charge in [0.25, 0.3) is 15.9 Å². The van der Waals surface area contributed by atoms with Crippen molar-refractivity contribution in [1.29, 1.82) is 0 Å². The van der Waals surface area contributed by atoms with E-state index >= 15 is 0 Å². The first kappa shape index (κ1) is 25.4. The maximum atomic E-state index is 12.8. The monoisotopic (exact) mass is 496 g/mol. The van der Waals surface area contributed by atoms with Gasteiger partial charge in [-0.05, 0) is 67.6 Å². The zero-order valence-corrected chi connectivity index (χ0v) is 20.2. The van der Waals surface area contributed by atoms with Gasteiger partial charge in [0.2, 0.25) is 0 Å². The Morgan fingerprint density at radius 1 is 0.829 bits per heavy atom. The number of amides is 1. The molecule has 1 amide bonds. The minimum Gasteiger partial charge on any atom is -0.465 e. The van der Waals surface area contributed by atoms with Crippen LogP contribution >= 0.6 is 0 Å². The molecular formula is C25H24N2O7S. The van der Waals surface area contributed by atoms with E-state index in [-0.39, 0.29) is 10.5 Å². The fourth-order valence-electron chi connectivity index (χ4n) is 3.03. The number of nitrogens with zero attached hydrogens (tertiary/aromatic N) is 1. The van der Waals surface area contributed by atoms with Crippen molar-refractivity contribution in [3.8, 4) is 0 Å². The number of methoxy groups -OCH3 is 1. The lowest BCUT2D eigenvalue weighted by Crippen LogP contribution is -2.26. The summed E-state index contributed by atoms with van der Waals surface area (Å²) in [6.45, 7) is 1.34. The Morgan fingerprint density at radius 3 is 1.94 bits per heavy atom. The molecule has 0 unspecified atom stereocenters. The standard InChI is InChI=1S/C25H24N2O7S/c1-17-4-14-22(15-5-17)35(31,32)27(2)21-12-8-19(9-13-21)25(30)34-16-23(28)26-20-10-6-18(7-11-20)24(29)33-3/h4-15H,16H2,1-3H3,(H,26,28). The number of nitrogens with one attached hydrogen (secondary N) is 1. The molecule has 0 saturated heterocycles. The largest absolute Gasteiger partial charge is 0.465 e. The van der Waals surface area contributed by atoms with Crippen LogP contribution in [0.1, 0.15) is 26.3 Å². The Hall–Kier alpha value is -4.18. The van der Waals surface area contributed by atoms with Crippen LogP contribution in [0.3, 0.4) is 0 Å². The Labute approximate surface area is 203 Å². The number of benzene rings is 3. The van der Waals surface area contributed by atoms with Gasteiger partial charge in [0.15, 0.2) is 6.61 Å². The van der Waals surface area contributed by atoms with E-state index in [2.05, 4.69) is 10.1 Å². The van der Waals surface area contributed by atoms with E-state index in [0.29, 0.717) is 16.9 Å². The lowest BCUT2D eigenvalue weighted by atomic mass is 10.2. The number of hydrogen-bond donors (Lipinski definition) is 1. The number of anilines is 2. The SMILES string of the molecule is COC(=O)c1ccc(NC(=O)COC(=O)c2ccc(N(C)S(=O)(=O)c3ccc(C)cc3)cc2)cc1. The quantitative estimate of drug-likeness (QED) is 0.475. The molecule has 35 heavy (non-hydrogen) atoms. The topological polar surface area (TPSA) is 119 Å². The molecule has 0 aliphatic heterocycles. The summed E-state index contributed by atoms with van der Waals surface area (Å²) in [7, 11) is -1.07. The molecule has 0 saturated carbocycles. The lowest BCUT2D eigenvalue weighted by molar-refractivity contribution is -0.119. The molecular weight excluding hydrogens is 472 g/mol. The van der Waals surface area contributed by atoms with Crippen molar-refractivity contribution in [1.82, 2.24) is 0 Å². The maximum absolute atomic E-state index is 12.8. The van der Waals surface area contributed by atoms with E-state index in [4.69, 9.17) is 4.74 Å². The number of hydrogen-bond acceptors (Lipinski definition) is 7. The van der Waals surface area contributed by atoms with Crippen LogP contribution in [0.5, 0.6) is 0 Å².